The zero-order valence-electron chi connectivity index (χ0n) is 9.84. The van der Waals surface area contributed by atoms with Crippen LogP contribution in [0.2, 0.25) is 0 Å². The summed E-state index contributed by atoms with van der Waals surface area (Å²) < 4.78 is 4.76. The lowest BCUT2D eigenvalue weighted by Gasteiger charge is -2.08. The first-order valence-electron chi connectivity index (χ1n) is 5.42. The van der Waals surface area contributed by atoms with Crippen LogP contribution < -0.4 is 5.32 Å². The molecule has 1 aromatic heterocycles. The van der Waals surface area contributed by atoms with Crippen molar-refractivity contribution in [2.24, 2.45) is 0 Å². The van der Waals surface area contributed by atoms with Gasteiger partial charge in [-0.1, -0.05) is 18.2 Å². The summed E-state index contributed by atoms with van der Waals surface area (Å²) in [5.74, 6) is -0.270. The minimum atomic E-state index is -0.270. The second-order valence-corrected chi connectivity index (χ2v) is 3.67. The monoisotopic (exact) mass is 244 g/mol. The topological polar surface area (TPSA) is 68.3 Å². The van der Waals surface area contributed by atoms with Crippen molar-refractivity contribution in [3.05, 3.63) is 41.6 Å². The number of amides is 1. The lowest BCUT2D eigenvalue weighted by Crippen LogP contribution is -2.19. The molecule has 1 aromatic carbocycles. The van der Waals surface area contributed by atoms with E-state index in [0.717, 1.165) is 10.9 Å². The molecule has 0 fully saturated rings. The molecule has 0 aliphatic heterocycles. The number of nitrogens with one attached hydrogen (secondary N) is 1. The Hall–Kier alpha value is -2.43. The quantitative estimate of drug-likeness (QED) is 0.822. The molecular weight excluding hydrogens is 232 g/mol. The average Bonchev–Trinajstić information content (AvgIpc) is 2.43. The van der Waals surface area contributed by atoms with E-state index in [1.807, 2.05) is 24.3 Å². The third kappa shape index (κ3) is 2.29. The Morgan fingerprint density at radius 2 is 2.22 bits per heavy atom. The van der Waals surface area contributed by atoms with E-state index in [-0.39, 0.29) is 12.5 Å². The third-order valence-corrected chi connectivity index (χ3v) is 2.57. The summed E-state index contributed by atoms with van der Waals surface area (Å²) in [7, 11) is 1.54. The standard InChI is InChI=1S/C13H12N2O3/c1-14-13(17)12-6-9(7-18-8-16)10-4-2-3-5-11(10)15-12/h2-6,8H,7H2,1H3,(H,14,17). The Kier molecular flexibility index (Phi) is 3.52. The van der Waals surface area contributed by atoms with E-state index in [2.05, 4.69) is 10.3 Å². The maximum absolute atomic E-state index is 11.6. The van der Waals surface area contributed by atoms with Gasteiger partial charge in [-0.2, -0.15) is 0 Å². The maximum Gasteiger partial charge on any atom is 0.293 e. The third-order valence-electron chi connectivity index (χ3n) is 2.57. The number of benzene rings is 1. The Labute approximate surface area is 104 Å². The predicted octanol–water partition coefficient (Wildman–Crippen LogP) is 1.27. The van der Waals surface area contributed by atoms with Gasteiger partial charge in [-0.25, -0.2) is 4.98 Å². The molecule has 0 aliphatic rings. The van der Waals surface area contributed by atoms with Crippen molar-refractivity contribution < 1.29 is 14.3 Å². The number of nitrogens with zero attached hydrogens (tertiary/aromatic N) is 1. The first-order chi connectivity index (χ1) is 8.76. The number of hydrogen-bond acceptors (Lipinski definition) is 4. The van der Waals surface area contributed by atoms with Gasteiger partial charge >= 0.3 is 0 Å². The fourth-order valence-electron chi connectivity index (χ4n) is 1.74. The highest BCUT2D eigenvalue weighted by molar-refractivity contribution is 5.95. The summed E-state index contributed by atoms with van der Waals surface area (Å²) in [6, 6.07) is 9.03. The zero-order valence-corrected chi connectivity index (χ0v) is 9.84. The van der Waals surface area contributed by atoms with Gasteiger partial charge < -0.3 is 10.1 Å². The molecule has 5 heteroatoms. The van der Waals surface area contributed by atoms with E-state index in [1.165, 1.54) is 0 Å². The number of ether oxygens (including phenoxy) is 1. The molecule has 0 bridgehead atoms. The van der Waals surface area contributed by atoms with Crippen LogP contribution in [0.25, 0.3) is 10.9 Å². The Morgan fingerprint density at radius 3 is 2.94 bits per heavy atom. The fraction of sp³-hybridized carbons (Fsp3) is 0.154. The number of rotatable bonds is 4. The van der Waals surface area contributed by atoms with Crippen LogP contribution in [0, 0.1) is 0 Å². The van der Waals surface area contributed by atoms with Gasteiger partial charge in [0.25, 0.3) is 12.4 Å². The molecule has 0 radical (unpaired) electrons. The van der Waals surface area contributed by atoms with Crippen molar-refractivity contribution in [1.82, 2.24) is 10.3 Å². The fourth-order valence-corrected chi connectivity index (χ4v) is 1.74. The molecule has 0 unspecified atom stereocenters. The highest BCUT2D eigenvalue weighted by Crippen LogP contribution is 2.19. The van der Waals surface area contributed by atoms with E-state index < -0.39 is 0 Å². The van der Waals surface area contributed by atoms with Gasteiger partial charge in [0, 0.05) is 18.0 Å². The number of aromatic nitrogens is 1. The minimum absolute atomic E-state index is 0.122. The molecule has 18 heavy (non-hydrogen) atoms. The van der Waals surface area contributed by atoms with Crippen LogP contribution in [0.4, 0.5) is 0 Å². The van der Waals surface area contributed by atoms with Gasteiger partial charge in [-0.05, 0) is 12.1 Å². The van der Waals surface area contributed by atoms with Crippen LogP contribution in [-0.2, 0) is 16.1 Å². The van der Waals surface area contributed by atoms with Crippen molar-refractivity contribution in [3.8, 4) is 0 Å². The van der Waals surface area contributed by atoms with Crippen molar-refractivity contribution in [2.75, 3.05) is 7.05 Å². The summed E-state index contributed by atoms with van der Waals surface area (Å²) in [6.45, 7) is 0.505. The first-order valence-corrected chi connectivity index (χ1v) is 5.42. The Bertz CT molecular complexity index is 596. The summed E-state index contributed by atoms with van der Waals surface area (Å²) in [4.78, 5) is 26.1. The number of hydrogen-bond donors (Lipinski definition) is 1. The van der Waals surface area contributed by atoms with E-state index in [4.69, 9.17) is 4.74 Å². The number of pyridine rings is 1. The normalized spacial score (nSPS) is 10.1. The van der Waals surface area contributed by atoms with E-state index in [0.29, 0.717) is 17.7 Å². The molecule has 5 nitrogen and oxygen atoms in total. The number of para-hydroxylation sites is 1. The molecule has 0 aliphatic carbocycles. The van der Waals surface area contributed by atoms with Crippen LogP contribution in [0.5, 0.6) is 0 Å². The van der Waals surface area contributed by atoms with Gasteiger partial charge in [0.05, 0.1) is 5.52 Å². The van der Waals surface area contributed by atoms with Crippen molar-refractivity contribution in [3.63, 3.8) is 0 Å². The molecule has 0 saturated carbocycles. The highest BCUT2D eigenvalue weighted by atomic mass is 16.5. The van der Waals surface area contributed by atoms with Crippen LogP contribution in [0.1, 0.15) is 16.1 Å². The highest BCUT2D eigenvalue weighted by Gasteiger charge is 2.10. The number of fused-ring (bicyclic) bond motifs is 1. The summed E-state index contributed by atoms with van der Waals surface area (Å²) in [5.41, 5.74) is 1.76. The van der Waals surface area contributed by atoms with E-state index in [1.54, 1.807) is 13.1 Å². The molecule has 2 aromatic rings. The molecule has 1 amide bonds. The van der Waals surface area contributed by atoms with Crippen molar-refractivity contribution >= 4 is 23.3 Å². The van der Waals surface area contributed by atoms with Gasteiger partial charge in [0.2, 0.25) is 0 Å². The van der Waals surface area contributed by atoms with Crippen LogP contribution in [-0.4, -0.2) is 24.4 Å². The second-order valence-electron chi connectivity index (χ2n) is 3.67. The molecule has 92 valence electrons. The Morgan fingerprint density at radius 1 is 1.44 bits per heavy atom. The van der Waals surface area contributed by atoms with E-state index in [9.17, 15) is 9.59 Å². The van der Waals surface area contributed by atoms with Crippen LogP contribution in [0.3, 0.4) is 0 Å². The lowest BCUT2D eigenvalue weighted by atomic mass is 10.1. The number of carbonyl (C=O) groups excluding carboxylic acids is 2. The molecule has 1 N–H and O–H groups in total. The van der Waals surface area contributed by atoms with Gasteiger partial charge in [0.15, 0.2) is 0 Å². The van der Waals surface area contributed by atoms with Gasteiger partial charge in [-0.3, -0.25) is 9.59 Å². The largest absolute Gasteiger partial charge is 0.463 e. The van der Waals surface area contributed by atoms with Crippen LogP contribution >= 0.6 is 0 Å². The summed E-state index contributed by atoms with van der Waals surface area (Å²) >= 11 is 0. The molecule has 1 heterocycles. The average molecular weight is 244 g/mol. The molecular formula is C13H12N2O3. The first kappa shape index (κ1) is 12.0. The molecule has 2 rings (SSSR count). The summed E-state index contributed by atoms with van der Waals surface area (Å²) in [6.07, 6.45) is 0. The van der Waals surface area contributed by atoms with Crippen LogP contribution in [0.15, 0.2) is 30.3 Å². The summed E-state index contributed by atoms with van der Waals surface area (Å²) in [5, 5.41) is 3.39. The minimum Gasteiger partial charge on any atom is -0.463 e. The maximum atomic E-state index is 11.6. The molecule has 0 saturated heterocycles. The zero-order chi connectivity index (χ0) is 13.0. The lowest BCUT2D eigenvalue weighted by molar-refractivity contribution is -0.129. The van der Waals surface area contributed by atoms with Crippen molar-refractivity contribution in [2.45, 2.75) is 6.61 Å². The Balaban J connectivity index is 2.56. The molecule has 0 atom stereocenters. The SMILES string of the molecule is CNC(=O)c1cc(COC=O)c2ccccc2n1. The van der Waals surface area contributed by atoms with Gasteiger partial charge in [0.1, 0.15) is 12.3 Å². The molecule has 0 spiro atoms. The smallest absolute Gasteiger partial charge is 0.293 e. The predicted molar refractivity (Wildman–Crippen MR) is 66.0 cm³/mol. The van der Waals surface area contributed by atoms with Gasteiger partial charge in [-0.15, -0.1) is 0 Å². The van der Waals surface area contributed by atoms with Crippen molar-refractivity contribution in [1.29, 1.82) is 0 Å². The second kappa shape index (κ2) is 5.27. The van der Waals surface area contributed by atoms with E-state index >= 15 is 0 Å². The number of carbonyl (C=O) groups is 2.